The van der Waals surface area contributed by atoms with E-state index in [2.05, 4.69) is 9.97 Å². The van der Waals surface area contributed by atoms with Gasteiger partial charge in [-0.15, -0.1) is 0 Å². The first-order valence-corrected chi connectivity index (χ1v) is 6.05. The fourth-order valence-electron chi connectivity index (χ4n) is 1.87. The highest BCUT2D eigenvalue weighted by atomic mass is 32.2. The molecule has 0 saturated carbocycles. The molecule has 6 heteroatoms. The van der Waals surface area contributed by atoms with Crippen LogP contribution < -0.4 is 0 Å². The number of imidazole rings is 1. The number of hydrogen-bond donors (Lipinski definition) is 1. The predicted molar refractivity (Wildman–Crippen MR) is 62.6 cm³/mol. The Morgan fingerprint density at radius 2 is 2.38 bits per heavy atom. The van der Waals surface area contributed by atoms with Gasteiger partial charge in [-0.2, -0.15) is 11.8 Å². The first-order chi connectivity index (χ1) is 7.75. The number of nitrogens with zero attached hydrogens (tertiary/aromatic N) is 2. The summed E-state index contributed by atoms with van der Waals surface area (Å²) in [5, 5.41) is 11.1. The number of aromatic nitrogens is 2. The predicted octanol–water partition coefficient (Wildman–Crippen LogP) is 2.65. The van der Waals surface area contributed by atoms with E-state index in [4.69, 9.17) is 0 Å². The van der Waals surface area contributed by atoms with Crippen LogP contribution in [-0.4, -0.2) is 20.6 Å². The minimum atomic E-state index is -0.488. The van der Waals surface area contributed by atoms with Gasteiger partial charge in [0.25, 0.3) is 0 Å². The molecular formula is C10H9N3O2S. The first kappa shape index (κ1) is 9.65. The molecule has 82 valence electrons. The van der Waals surface area contributed by atoms with Crippen molar-refractivity contribution < 1.29 is 4.92 Å². The van der Waals surface area contributed by atoms with Crippen LogP contribution in [0.1, 0.15) is 17.2 Å². The summed E-state index contributed by atoms with van der Waals surface area (Å²) >= 11 is 1.87. The van der Waals surface area contributed by atoms with E-state index in [1.54, 1.807) is 0 Å². The van der Waals surface area contributed by atoms with Gasteiger partial charge < -0.3 is 10.1 Å². The Morgan fingerprint density at radius 3 is 3.00 bits per heavy atom. The average molecular weight is 235 g/mol. The average Bonchev–Trinajstić information content (AvgIpc) is 2.59. The van der Waals surface area contributed by atoms with Crippen LogP contribution in [-0.2, 0) is 0 Å². The minimum absolute atomic E-state index is 0.174. The molecule has 2 aromatic rings. The van der Waals surface area contributed by atoms with Gasteiger partial charge in [-0.25, -0.2) is 4.98 Å². The number of aromatic amines is 1. The lowest BCUT2D eigenvalue weighted by molar-refractivity contribution is -0.393. The lowest BCUT2D eigenvalue weighted by Gasteiger charge is -2.24. The molecule has 16 heavy (non-hydrogen) atoms. The maximum Gasteiger partial charge on any atom is 0.433 e. The van der Waals surface area contributed by atoms with Crippen molar-refractivity contribution in [2.45, 2.75) is 11.7 Å². The summed E-state index contributed by atoms with van der Waals surface area (Å²) in [7, 11) is 0. The Labute approximate surface area is 95.4 Å². The summed E-state index contributed by atoms with van der Waals surface area (Å²) in [4.78, 5) is 16.9. The molecule has 1 saturated heterocycles. The number of para-hydroxylation sites is 1. The molecule has 5 nitrogen and oxygen atoms in total. The van der Waals surface area contributed by atoms with Crippen molar-refractivity contribution in [1.82, 2.24) is 9.97 Å². The van der Waals surface area contributed by atoms with E-state index in [9.17, 15) is 10.1 Å². The Hall–Kier alpha value is -1.56. The number of nitro groups is 1. The molecule has 0 radical (unpaired) electrons. The fraction of sp³-hybridized carbons (Fsp3) is 0.300. The third-order valence-electron chi connectivity index (χ3n) is 2.75. The third-order valence-corrected chi connectivity index (χ3v) is 4.11. The molecule has 1 aliphatic rings. The quantitative estimate of drug-likeness (QED) is 0.641. The summed E-state index contributed by atoms with van der Waals surface area (Å²) < 4.78 is 0. The van der Waals surface area contributed by atoms with Gasteiger partial charge in [0.2, 0.25) is 0 Å². The van der Waals surface area contributed by atoms with E-state index in [1.165, 1.54) is 0 Å². The summed E-state index contributed by atoms with van der Waals surface area (Å²) in [5.74, 6) is 0.986. The second-order valence-corrected chi connectivity index (χ2v) is 5.02. The normalized spacial score (nSPS) is 19.6. The summed E-state index contributed by atoms with van der Waals surface area (Å²) in [6.07, 6.45) is 1.13. The second kappa shape index (κ2) is 3.48. The van der Waals surface area contributed by atoms with E-state index < -0.39 is 4.92 Å². The maximum atomic E-state index is 10.6. The van der Waals surface area contributed by atoms with Crippen molar-refractivity contribution in [3.05, 3.63) is 33.9 Å². The maximum absolute atomic E-state index is 10.6. The lowest BCUT2D eigenvalue weighted by Crippen LogP contribution is -2.07. The van der Waals surface area contributed by atoms with Gasteiger partial charge >= 0.3 is 5.95 Å². The van der Waals surface area contributed by atoms with Crippen LogP contribution in [0.3, 0.4) is 0 Å². The van der Waals surface area contributed by atoms with Crippen LogP contribution in [0.25, 0.3) is 11.0 Å². The molecule has 1 N–H and O–H groups in total. The van der Waals surface area contributed by atoms with Gasteiger partial charge in [0.1, 0.15) is 5.52 Å². The van der Waals surface area contributed by atoms with Crippen molar-refractivity contribution in [2.75, 3.05) is 5.75 Å². The van der Waals surface area contributed by atoms with Crippen LogP contribution in [0, 0.1) is 10.1 Å². The molecule has 1 aromatic carbocycles. The van der Waals surface area contributed by atoms with Crippen molar-refractivity contribution in [1.29, 1.82) is 0 Å². The topological polar surface area (TPSA) is 71.8 Å². The highest BCUT2D eigenvalue weighted by Crippen LogP contribution is 2.44. The molecule has 1 atom stereocenters. The highest BCUT2D eigenvalue weighted by Gasteiger charge is 2.26. The van der Waals surface area contributed by atoms with E-state index in [-0.39, 0.29) is 5.95 Å². The molecule has 0 bridgehead atoms. The zero-order chi connectivity index (χ0) is 11.1. The fourth-order valence-corrected chi connectivity index (χ4v) is 2.71. The van der Waals surface area contributed by atoms with E-state index in [1.807, 2.05) is 30.0 Å². The van der Waals surface area contributed by atoms with Crippen molar-refractivity contribution >= 4 is 28.7 Å². The van der Waals surface area contributed by atoms with E-state index >= 15 is 0 Å². The number of nitrogens with one attached hydrogen (secondary N) is 1. The molecule has 3 rings (SSSR count). The Morgan fingerprint density at radius 1 is 1.56 bits per heavy atom. The number of thioether (sulfide) groups is 1. The van der Waals surface area contributed by atoms with Crippen LogP contribution >= 0.6 is 11.8 Å². The van der Waals surface area contributed by atoms with Gasteiger partial charge in [-0.3, -0.25) is 0 Å². The van der Waals surface area contributed by atoms with Crippen LogP contribution in [0.15, 0.2) is 18.2 Å². The molecule has 0 aliphatic carbocycles. The highest BCUT2D eigenvalue weighted by molar-refractivity contribution is 8.00. The minimum Gasteiger partial charge on any atom is -0.390 e. The zero-order valence-electron chi connectivity index (χ0n) is 8.34. The molecule has 1 aliphatic heterocycles. The number of rotatable bonds is 2. The van der Waals surface area contributed by atoms with Gasteiger partial charge in [-0.1, -0.05) is 17.1 Å². The molecule has 0 spiro atoms. The Bertz CT molecular complexity index is 562. The summed E-state index contributed by atoms with van der Waals surface area (Å²) in [6, 6.07) is 5.74. The Balaban J connectivity index is 2.17. The monoisotopic (exact) mass is 235 g/mol. The summed E-state index contributed by atoms with van der Waals surface area (Å²) in [6.45, 7) is 0. The molecule has 1 unspecified atom stereocenters. The van der Waals surface area contributed by atoms with Gasteiger partial charge in [-0.05, 0) is 23.2 Å². The standard InChI is InChI=1S/C10H9N3O2S/c14-13(15)10-11-7-3-1-2-6(9(7)12-10)8-4-5-16-8/h1-3,8H,4-5H2,(H,11,12). The molecular weight excluding hydrogens is 226 g/mol. The van der Waals surface area contributed by atoms with Gasteiger partial charge in [0, 0.05) is 10.8 Å². The number of benzene rings is 1. The van der Waals surface area contributed by atoms with Crippen molar-refractivity contribution in [3.8, 4) is 0 Å². The second-order valence-electron chi connectivity index (χ2n) is 3.71. The van der Waals surface area contributed by atoms with Gasteiger partial charge in [0.15, 0.2) is 5.52 Å². The van der Waals surface area contributed by atoms with Gasteiger partial charge in [0.05, 0.1) is 0 Å². The molecule has 0 amide bonds. The third kappa shape index (κ3) is 1.37. The summed E-state index contributed by atoms with van der Waals surface area (Å²) in [5.41, 5.74) is 2.60. The van der Waals surface area contributed by atoms with E-state index in [0.717, 1.165) is 28.8 Å². The smallest absolute Gasteiger partial charge is 0.390 e. The molecule has 2 heterocycles. The zero-order valence-corrected chi connectivity index (χ0v) is 9.16. The number of hydrogen-bond acceptors (Lipinski definition) is 4. The SMILES string of the molecule is O=[N+]([O-])c1nc2c(C3CCS3)cccc2[nH]1. The largest absolute Gasteiger partial charge is 0.433 e. The van der Waals surface area contributed by atoms with Crippen LogP contribution in [0.5, 0.6) is 0 Å². The number of fused-ring (bicyclic) bond motifs is 1. The van der Waals surface area contributed by atoms with E-state index in [0.29, 0.717) is 5.25 Å². The van der Waals surface area contributed by atoms with Crippen LogP contribution in [0.4, 0.5) is 5.95 Å². The molecule has 1 aromatic heterocycles. The molecule has 1 fully saturated rings. The van der Waals surface area contributed by atoms with Crippen molar-refractivity contribution in [3.63, 3.8) is 0 Å². The first-order valence-electron chi connectivity index (χ1n) is 5.00. The number of H-pyrrole nitrogens is 1. The van der Waals surface area contributed by atoms with Crippen LogP contribution in [0.2, 0.25) is 0 Å². The lowest BCUT2D eigenvalue weighted by atomic mass is 10.1. The van der Waals surface area contributed by atoms with Crippen molar-refractivity contribution in [2.24, 2.45) is 0 Å². The Kier molecular flexibility index (Phi) is 2.10.